The number of rotatable bonds is 2. The minimum Gasteiger partial charge on any atom is -0.508 e. The first-order chi connectivity index (χ1) is 10.3. The normalized spacial score (nSPS) is 31.2. The number of fused-ring (bicyclic) bond motifs is 3. The predicted octanol–water partition coefficient (Wildman–Crippen LogP) is 4.52. The lowest BCUT2D eigenvalue weighted by molar-refractivity contribution is 0.0405. The SMILES string of the molecule is CC(CO)c1cc2c(cc1O)[C@@]1(C)CCCC(C)(C)C1CC2. The summed E-state index contributed by atoms with van der Waals surface area (Å²) in [6.45, 7) is 9.30. The van der Waals surface area contributed by atoms with Gasteiger partial charge in [0.15, 0.2) is 0 Å². The van der Waals surface area contributed by atoms with Crippen molar-refractivity contribution in [2.45, 2.75) is 71.1 Å². The fourth-order valence-corrected chi connectivity index (χ4v) is 5.34. The molecule has 3 atom stereocenters. The Bertz CT molecular complexity index is 575. The smallest absolute Gasteiger partial charge is 0.119 e. The zero-order valence-corrected chi connectivity index (χ0v) is 14.4. The van der Waals surface area contributed by atoms with Crippen LogP contribution in [0.2, 0.25) is 0 Å². The summed E-state index contributed by atoms with van der Waals surface area (Å²) in [4.78, 5) is 0. The minimum absolute atomic E-state index is 0.00127. The van der Waals surface area contributed by atoms with Gasteiger partial charge in [-0.2, -0.15) is 0 Å². The second-order valence-electron chi connectivity index (χ2n) is 8.50. The van der Waals surface area contributed by atoms with E-state index in [1.54, 1.807) is 0 Å². The van der Waals surface area contributed by atoms with Crippen molar-refractivity contribution in [2.24, 2.45) is 11.3 Å². The van der Waals surface area contributed by atoms with E-state index >= 15 is 0 Å². The van der Waals surface area contributed by atoms with Gasteiger partial charge < -0.3 is 10.2 Å². The zero-order chi connectivity index (χ0) is 16.1. The van der Waals surface area contributed by atoms with E-state index in [9.17, 15) is 10.2 Å². The second kappa shape index (κ2) is 5.26. The summed E-state index contributed by atoms with van der Waals surface area (Å²) in [5.41, 5.74) is 4.23. The van der Waals surface area contributed by atoms with Crippen LogP contribution < -0.4 is 0 Å². The highest BCUT2D eigenvalue weighted by molar-refractivity contribution is 5.49. The summed E-state index contributed by atoms with van der Waals surface area (Å²) < 4.78 is 0. The number of hydrogen-bond donors (Lipinski definition) is 2. The Labute approximate surface area is 134 Å². The molecule has 1 aromatic rings. The fourth-order valence-electron chi connectivity index (χ4n) is 5.34. The molecular formula is C20H30O2. The van der Waals surface area contributed by atoms with Gasteiger partial charge in [-0.15, -0.1) is 0 Å². The van der Waals surface area contributed by atoms with Gasteiger partial charge in [0.25, 0.3) is 0 Å². The van der Waals surface area contributed by atoms with E-state index in [-0.39, 0.29) is 17.9 Å². The summed E-state index contributed by atoms with van der Waals surface area (Å²) in [5, 5.41) is 19.9. The van der Waals surface area contributed by atoms with Crippen LogP contribution in [0.1, 0.15) is 76.0 Å². The number of aromatic hydroxyl groups is 1. The van der Waals surface area contributed by atoms with Crippen LogP contribution in [0.25, 0.3) is 0 Å². The molecule has 2 heteroatoms. The Kier molecular flexibility index (Phi) is 3.79. The molecule has 0 bridgehead atoms. The van der Waals surface area contributed by atoms with Crippen LogP contribution in [0.15, 0.2) is 12.1 Å². The lowest BCUT2D eigenvalue weighted by atomic mass is 9.50. The Morgan fingerprint density at radius 2 is 1.95 bits per heavy atom. The number of aliphatic hydroxyl groups is 1. The largest absolute Gasteiger partial charge is 0.508 e. The number of benzene rings is 1. The molecule has 1 fully saturated rings. The van der Waals surface area contributed by atoms with Gasteiger partial charge in [-0.3, -0.25) is 0 Å². The third-order valence-electron chi connectivity index (χ3n) is 6.60. The van der Waals surface area contributed by atoms with E-state index in [2.05, 4.69) is 26.8 Å². The third-order valence-corrected chi connectivity index (χ3v) is 6.60. The number of phenolic OH excluding ortho intramolecular Hbond substituents is 1. The molecule has 2 nitrogen and oxygen atoms in total. The van der Waals surface area contributed by atoms with Crippen LogP contribution in [-0.4, -0.2) is 16.8 Å². The Morgan fingerprint density at radius 3 is 2.64 bits per heavy atom. The molecule has 122 valence electrons. The van der Waals surface area contributed by atoms with Crippen molar-refractivity contribution in [2.75, 3.05) is 6.61 Å². The monoisotopic (exact) mass is 302 g/mol. The van der Waals surface area contributed by atoms with Crippen LogP contribution in [0.3, 0.4) is 0 Å². The highest BCUT2D eigenvalue weighted by atomic mass is 16.3. The van der Waals surface area contributed by atoms with Crippen molar-refractivity contribution >= 4 is 0 Å². The van der Waals surface area contributed by atoms with Gasteiger partial charge in [0.1, 0.15) is 5.75 Å². The molecule has 1 saturated carbocycles. The number of phenols is 1. The molecule has 2 aliphatic rings. The van der Waals surface area contributed by atoms with Crippen molar-refractivity contribution in [3.8, 4) is 5.75 Å². The van der Waals surface area contributed by atoms with E-state index in [1.165, 1.54) is 36.8 Å². The van der Waals surface area contributed by atoms with E-state index in [4.69, 9.17) is 0 Å². The molecule has 1 aromatic carbocycles. The first kappa shape index (κ1) is 15.9. The molecule has 22 heavy (non-hydrogen) atoms. The van der Waals surface area contributed by atoms with Crippen LogP contribution >= 0.6 is 0 Å². The topological polar surface area (TPSA) is 40.5 Å². The van der Waals surface area contributed by atoms with Gasteiger partial charge >= 0.3 is 0 Å². The maximum absolute atomic E-state index is 10.5. The molecule has 0 aromatic heterocycles. The van der Waals surface area contributed by atoms with Crippen LogP contribution in [0.5, 0.6) is 5.75 Å². The highest BCUT2D eigenvalue weighted by Gasteiger charge is 2.49. The number of aryl methyl sites for hydroxylation is 1. The quantitative estimate of drug-likeness (QED) is 0.843. The molecule has 0 aliphatic heterocycles. The molecule has 2 N–H and O–H groups in total. The summed E-state index contributed by atoms with van der Waals surface area (Å²) in [7, 11) is 0. The van der Waals surface area contributed by atoms with Crippen molar-refractivity contribution in [3.63, 3.8) is 0 Å². The lowest BCUT2D eigenvalue weighted by Gasteiger charge is -2.54. The molecular weight excluding hydrogens is 272 g/mol. The van der Waals surface area contributed by atoms with Crippen LogP contribution in [0, 0.1) is 11.3 Å². The minimum atomic E-state index is -0.00127. The maximum Gasteiger partial charge on any atom is 0.119 e. The Balaban J connectivity index is 2.09. The highest BCUT2D eigenvalue weighted by Crippen LogP contribution is 2.57. The van der Waals surface area contributed by atoms with E-state index in [0.717, 1.165) is 12.0 Å². The standard InChI is InChI=1S/C20H30O2/c1-13(12-21)15-10-14-6-7-18-19(2,3)8-5-9-20(18,4)16(14)11-17(15)22/h10-11,13,18,21-22H,5-9,12H2,1-4H3/t13?,18?,20-/m1/s1. The lowest BCUT2D eigenvalue weighted by Crippen LogP contribution is -2.47. The second-order valence-corrected chi connectivity index (χ2v) is 8.50. The molecule has 0 radical (unpaired) electrons. The van der Waals surface area contributed by atoms with Crippen molar-refractivity contribution in [3.05, 3.63) is 28.8 Å². The van der Waals surface area contributed by atoms with Crippen LogP contribution in [0.4, 0.5) is 0 Å². The van der Waals surface area contributed by atoms with Crippen molar-refractivity contribution in [1.82, 2.24) is 0 Å². The van der Waals surface area contributed by atoms with Crippen molar-refractivity contribution < 1.29 is 10.2 Å². The van der Waals surface area contributed by atoms with Gasteiger partial charge in [0.05, 0.1) is 0 Å². The molecule has 2 unspecified atom stereocenters. The molecule has 0 spiro atoms. The van der Waals surface area contributed by atoms with Gasteiger partial charge in [-0.05, 0) is 65.2 Å². The molecule has 0 heterocycles. The fraction of sp³-hybridized carbons (Fsp3) is 0.700. The molecule has 0 amide bonds. The van der Waals surface area contributed by atoms with E-state index in [0.29, 0.717) is 17.1 Å². The molecule has 3 rings (SSSR count). The number of hydrogen-bond acceptors (Lipinski definition) is 2. The van der Waals surface area contributed by atoms with Gasteiger partial charge in [0.2, 0.25) is 0 Å². The average molecular weight is 302 g/mol. The van der Waals surface area contributed by atoms with Crippen LogP contribution in [-0.2, 0) is 11.8 Å². The van der Waals surface area contributed by atoms with E-state index in [1.807, 2.05) is 13.0 Å². The molecule has 0 saturated heterocycles. The number of aliphatic hydroxyl groups excluding tert-OH is 1. The summed E-state index contributed by atoms with van der Waals surface area (Å²) >= 11 is 0. The third kappa shape index (κ3) is 2.27. The predicted molar refractivity (Wildman–Crippen MR) is 90.4 cm³/mol. The van der Waals surface area contributed by atoms with E-state index < -0.39 is 0 Å². The van der Waals surface area contributed by atoms with Gasteiger partial charge in [-0.1, -0.05) is 40.2 Å². The summed E-state index contributed by atoms with van der Waals surface area (Å²) in [6.07, 6.45) is 6.16. The maximum atomic E-state index is 10.5. The Morgan fingerprint density at radius 1 is 1.23 bits per heavy atom. The van der Waals surface area contributed by atoms with Gasteiger partial charge in [-0.25, -0.2) is 0 Å². The zero-order valence-electron chi connectivity index (χ0n) is 14.4. The first-order valence-corrected chi connectivity index (χ1v) is 8.77. The summed E-state index contributed by atoms with van der Waals surface area (Å²) in [6, 6.07) is 4.18. The van der Waals surface area contributed by atoms with Crippen molar-refractivity contribution in [1.29, 1.82) is 0 Å². The summed E-state index contributed by atoms with van der Waals surface area (Å²) in [5.74, 6) is 1.06. The van der Waals surface area contributed by atoms with Gasteiger partial charge in [0, 0.05) is 12.5 Å². The average Bonchev–Trinajstić information content (AvgIpc) is 2.45. The first-order valence-electron chi connectivity index (χ1n) is 8.77. The Hall–Kier alpha value is -1.02. The molecule has 2 aliphatic carbocycles.